The van der Waals surface area contributed by atoms with E-state index in [0.717, 1.165) is 0 Å². The second kappa shape index (κ2) is 5.86. The Morgan fingerprint density at radius 2 is 2.05 bits per heavy atom. The highest BCUT2D eigenvalue weighted by molar-refractivity contribution is 6.30. The zero-order valence-electron chi connectivity index (χ0n) is 10.8. The van der Waals surface area contributed by atoms with Gasteiger partial charge in [-0.05, 0) is 18.2 Å². The molecule has 110 valence electrons. The molecular weight excluding hydrogens is 296 g/mol. The Morgan fingerprint density at radius 3 is 2.62 bits per heavy atom. The molecule has 0 aliphatic carbocycles. The van der Waals surface area contributed by atoms with Crippen LogP contribution in [0.4, 0.5) is 4.79 Å². The Kier molecular flexibility index (Phi) is 4.15. The summed E-state index contributed by atoms with van der Waals surface area (Å²) in [4.78, 5) is 25.9. The molecule has 0 spiro atoms. The monoisotopic (exact) mass is 308 g/mol. The van der Waals surface area contributed by atoms with E-state index >= 15 is 0 Å². The van der Waals surface area contributed by atoms with E-state index in [0.29, 0.717) is 5.02 Å². The summed E-state index contributed by atoms with van der Waals surface area (Å²) in [7, 11) is 0. The largest absolute Gasteiger partial charge is 0.367 e. The predicted octanol–water partition coefficient (Wildman–Crippen LogP) is 0.869. The first-order valence-corrected chi connectivity index (χ1v) is 6.30. The molecule has 0 bridgehead atoms. The first-order valence-electron chi connectivity index (χ1n) is 5.92. The Bertz CT molecular complexity index is 659. The summed E-state index contributed by atoms with van der Waals surface area (Å²) in [5.41, 5.74) is 5.49. The lowest BCUT2D eigenvalue weighted by molar-refractivity contribution is -0.0154. The van der Waals surface area contributed by atoms with Gasteiger partial charge in [0, 0.05) is 23.0 Å². The molecule has 6 N–H and O–H groups in total. The van der Waals surface area contributed by atoms with Crippen molar-refractivity contribution < 1.29 is 14.7 Å². The van der Waals surface area contributed by atoms with E-state index in [4.69, 9.17) is 17.3 Å². The van der Waals surface area contributed by atoms with Gasteiger partial charge in [-0.25, -0.2) is 4.79 Å². The number of aliphatic hydroxyl groups is 1. The minimum atomic E-state index is -2.18. The van der Waals surface area contributed by atoms with Gasteiger partial charge in [-0.2, -0.15) is 0 Å². The topological polar surface area (TPSA) is 120 Å². The summed E-state index contributed by atoms with van der Waals surface area (Å²) in [6, 6.07) is 6.54. The number of hydrogen-bond donors (Lipinski definition) is 5. The van der Waals surface area contributed by atoms with Gasteiger partial charge in [-0.3, -0.25) is 10.1 Å². The standard InChI is InChI=1S/C13H13ClN4O3/c14-10-3-1-2-9(6-10)13(21,18-12(15)20)17-11(19)8-4-5-16-7-8/h1-7,16,21H,(H,17,19)(H3,15,18,20). The third-order valence-electron chi connectivity index (χ3n) is 2.70. The molecule has 0 aliphatic heterocycles. The van der Waals surface area contributed by atoms with Crippen LogP contribution in [0.1, 0.15) is 15.9 Å². The smallest absolute Gasteiger partial charge is 0.316 e. The lowest BCUT2D eigenvalue weighted by Crippen LogP contribution is -2.59. The predicted molar refractivity (Wildman–Crippen MR) is 76.3 cm³/mol. The summed E-state index contributed by atoms with van der Waals surface area (Å²) in [5, 5.41) is 15.2. The fraction of sp³-hybridized carbons (Fsp3) is 0.0769. The number of primary amides is 1. The maximum absolute atomic E-state index is 12.0. The van der Waals surface area contributed by atoms with Crippen LogP contribution in [0, 0.1) is 0 Å². The van der Waals surface area contributed by atoms with Crippen molar-refractivity contribution in [3.63, 3.8) is 0 Å². The van der Waals surface area contributed by atoms with Crippen LogP contribution in [-0.2, 0) is 5.85 Å². The third-order valence-corrected chi connectivity index (χ3v) is 2.94. The number of carbonyl (C=O) groups is 2. The van der Waals surface area contributed by atoms with Gasteiger partial charge in [0.2, 0.25) is 5.85 Å². The number of nitrogens with two attached hydrogens (primary N) is 1. The SMILES string of the molecule is NC(=O)NC(O)(NC(=O)c1cc[nH]c1)c1cccc(Cl)c1. The molecule has 1 aromatic heterocycles. The van der Waals surface area contributed by atoms with E-state index in [9.17, 15) is 14.7 Å². The molecule has 2 rings (SSSR count). The van der Waals surface area contributed by atoms with Crippen LogP contribution in [0.5, 0.6) is 0 Å². The Balaban J connectivity index is 2.33. The van der Waals surface area contributed by atoms with Crippen molar-refractivity contribution in [2.24, 2.45) is 5.73 Å². The highest BCUT2D eigenvalue weighted by atomic mass is 35.5. The van der Waals surface area contributed by atoms with Crippen LogP contribution in [0.15, 0.2) is 42.7 Å². The number of aromatic nitrogens is 1. The molecule has 1 heterocycles. The normalized spacial score (nSPS) is 13.2. The number of rotatable bonds is 4. The highest BCUT2D eigenvalue weighted by Gasteiger charge is 2.33. The molecule has 0 saturated heterocycles. The van der Waals surface area contributed by atoms with Crippen molar-refractivity contribution in [1.82, 2.24) is 15.6 Å². The molecule has 0 fully saturated rings. The van der Waals surface area contributed by atoms with E-state index in [2.05, 4.69) is 15.6 Å². The minimum absolute atomic E-state index is 0.165. The first-order chi connectivity index (χ1) is 9.90. The molecule has 0 radical (unpaired) electrons. The molecule has 8 heteroatoms. The Labute approximate surface area is 125 Å². The molecule has 2 aromatic rings. The van der Waals surface area contributed by atoms with Crippen LogP contribution < -0.4 is 16.4 Å². The third kappa shape index (κ3) is 3.53. The van der Waals surface area contributed by atoms with Crippen molar-refractivity contribution in [3.8, 4) is 0 Å². The zero-order chi connectivity index (χ0) is 15.5. The van der Waals surface area contributed by atoms with Crippen LogP contribution >= 0.6 is 11.6 Å². The molecule has 1 atom stereocenters. The second-order valence-corrected chi connectivity index (χ2v) is 4.70. The molecule has 21 heavy (non-hydrogen) atoms. The van der Waals surface area contributed by atoms with Crippen molar-refractivity contribution in [2.45, 2.75) is 5.85 Å². The van der Waals surface area contributed by atoms with E-state index in [-0.39, 0.29) is 11.1 Å². The van der Waals surface area contributed by atoms with Crippen LogP contribution in [0.3, 0.4) is 0 Å². The number of hydrogen-bond acceptors (Lipinski definition) is 3. The van der Waals surface area contributed by atoms with Gasteiger partial charge in [0.25, 0.3) is 5.91 Å². The highest BCUT2D eigenvalue weighted by Crippen LogP contribution is 2.20. The van der Waals surface area contributed by atoms with Crippen molar-refractivity contribution in [1.29, 1.82) is 0 Å². The quantitative estimate of drug-likeness (QED) is 0.539. The number of benzene rings is 1. The average molecular weight is 309 g/mol. The summed E-state index contributed by atoms with van der Waals surface area (Å²) < 4.78 is 0. The van der Waals surface area contributed by atoms with Crippen LogP contribution in [0.2, 0.25) is 5.02 Å². The molecule has 0 aliphatic rings. The fourth-order valence-electron chi connectivity index (χ4n) is 1.77. The molecule has 3 amide bonds. The minimum Gasteiger partial charge on any atom is -0.367 e. The van der Waals surface area contributed by atoms with Gasteiger partial charge in [0.15, 0.2) is 0 Å². The summed E-state index contributed by atoms with van der Waals surface area (Å²) in [5.74, 6) is -2.78. The van der Waals surface area contributed by atoms with Gasteiger partial charge in [-0.1, -0.05) is 23.7 Å². The second-order valence-electron chi connectivity index (χ2n) is 4.26. The van der Waals surface area contributed by atoms with Gasteiger partial charge >= 0.3 is 6.03 Å². The van der Waals surface area contributed by atoms with Gasteiger partial charge in [0.05, 0.1) is 5.56 Å². The van der Waals surface area contributed by atoms with E-state index < -0.39 is 17.8 Å². The number of halogens is 1. The molecular formula is C13H13ClN4O3. The zero-order valence-corrected chi connectivity index (χ0v) is 11.5. The molecule has 1 aromatic carbocycles. The number of H-pyrrole nitrogens is 1. The van der Waals surface area contributed by atoms with Crippen molar-refractivity contribution >= 4 is 23.5 Å². The number of amides is 3. The fourth-order valence-corrected chi connectivity index (χ4v) is 1.96. The van der Waals surface area contributed by atoms with Gasteiger partial charge in [0.1, 0.15) is 0 Å². The summed E-state index contributed by atoms with van der Waals surface area (Å²) in [6.45, 7) is 0. The molecule has 1 unspecified atom stereocenters. The van der Waals surface area contributed by atoms with Crippen LogP contribution in [0.25, 0.3) is 0 Å². The van der Waals surface area contributed by atoms with E-state index in [1.807, 2.05) is 0 Å². The Morgan fingerprint density at radius 1 is 1.29 bits per heavy atom. The lowest BCUT2D eigenvalue weighted by atomic mass is 10.1. The Hall–Kier alpha value is -2.51. The summed E-state index contributed by atoms with van der Waals surface area (Å²) >= 11 is 5.85. The maximum Gasteiger partial charge on any atom is 0.316 e. The van der Waals surface area contributed by atoms with Crippen molar-refractivity contribution in [3.05, 3.63) is 58.9 Å². The summed E-state index contributed by atoms with van der Waals surface area (Å²) in [6.07, 6.45) is 2.99. The van der Waals surface area contributed by atoms with E-state index in [1.165, 1.54) is 24.4 Å². The van der Waals surface area contributed by atoms with Crippen LogP contribution in [-0.4, -0.2) is 22.0 Å². The van der Waals surface area contributed by atoms with E-state index in [1.54, 1.807) is 18.3 Å². The first kappa shape index (κ1) is 14.9. The average Bonchev–Trinajstić information content (AvgIpc) is 2.91. The number of carbonyl (C=O) groups excluding carboxylic acids is 2. The molecule has 0 saturated carbocycles. The maximum atomic E-state index is 12.0. The number of aromatic amines is 1. The lowest BCUT2D eigenvalue weighted by Gasteiger charge is -2.29. The molecule has 7 nitrogen and oxygen atoms in total. The number of nitrogens with one attached hydrogen (secondary N) is 3. The van der Waals surface area contributed by atoms with Gasteiger partial charge < -0.3 is 21.1 Å². The number of urea groups is 1. The van der Waals surface area contributed by atoms with Gasteiger partial charge in [-0.15, -0.1) is 0 Å². The van der Waals surface area contributed by atoms with Crippen molar-refractivity contribution in [2.75, 3.05) is 0 Å².